The molecule has 1 amide bonds. The number of nitrogens with one attached hydrogen (secondary N) is 1. The lowest BCUT2D eigenvalue weighted by Gasteiger charge is -2.10. The molecule has 0 aliphatic carbocycles. The van der Waals surface area contributed by atoms with Gasteiger partial charge in [-0.15, -0.1) is 0 Å². The Hall–Kier alpha value is -1.60. The molecule has 0 saturated heterocycles. The number of nitrogens with zero attached hydrogens (tertiary/aromatic N) is 1. The van der Waals surface area contributed by atoms with E-state index in [2.05, 4.69) is 11.9 Å². The van der Waals surface area contributed by atoms with Crippen molar-refractivity contribution in [2.45, 2.75) is 25.8 Å². The number of nitrogens with two attached hydrogens (primary N) is 1. The first-order valence-corrected chi connectivity index (χ1v) is 4.34. The molecule has 0 saturated carbocycles. The molecule has 0 spiro atoms. The molecular formula is C10H15N3O. The van der Waals surface area contributed by atoms with E-state index in [9.17, 15) is 4.79 Å². The number of nitriles is 1. The fourth-order valence-corrected chi connectivity index (χ4v) is 0.857. The van der Waals surface area contributed by atoms with E-state index in [0.29, 0.717) is 18.5 Å². The smallest absolute Gasteiger partial charge is 0.241 e. The number of allylic oxidation sites excluding steroid dienone is 3. The van der Waals surface area contributed by atoms with Gasteiger partial charge < -0.3 is 11.1 Å². The van der Waals surface area contributed by atoms with Crippen LogP contribution in [-0.4, -0.2) is 11.9 Å². The molecule has 0 heterocycles. The maximum atomic E-state index is 11.3. The van der Waals surface area contributed by atoms with Crippen LogP contribution in [0.1, 0.15) is 19.8 Å². The van der Waals surface area contributed by atoms with E-state index in [1.165, 1.54) is 0 Å². The van der Waals surface area contributed by atoms with Gasteiger partial charge in [-0.3, -0.25) is 4.79 Å². The first-order valence-electron chi connectivity index (χ1n) is 4.34. The Morgan fingerprint density at radius 3 is 2.93 bits per heavy atom. The molecule has 14 heavy (non-hydrogen) atoms. The van der Waals surface area contributed by atoms with Gasteiger partial charge in [0, 0.05) is 12.1 Å². The molecule has 4 heteroatoms. The largest absolute Gasteiger partial charge is 0.329 e. The molecule has 0 fully saturated rings. The topological polar surface area (TPSA) is 78.9 Å². The van der Waals surface area contributed by atoms with Crippen molar-refractivity contribution < 1.29 is 4.79 Å². The van der Waals surface area contributed by atoms with Crippen LogP contribution in [-0.2, 0) is 4.79 Å². The van der Waals surface area contributed by atoms with Gasteiger partial charge >= 0.3 is 0 Å². The lowest BCUT2D eigenvalue weighted by molar-refractivity contribution is -0.121. The quantitative estimate of drug-likeness (QED) is 0.634. The first-order chi connectivity index (χ1) is 6.61. The van der Waals surface area contributed by atoms with E-state index in [0.717, 1.165) is 0 Å². The molecule has 0 unspecified atom stereocenters. The van der Waals surface area contributed by atoms with Crippen LogP contribution in [0, 0.1) is 11.3 Å². The predicted octanol–water partition coefficient (Wildman–Crippen LogP) is 0.823. The Bertz CT molecular complexity index is 276. The summed E-state index contributed by atoms with van der Waals surface area (Å²) >= 11 is 0. The predicted molar refractivity (Wildman–Crippen MR) is 54.9 cm³/mol. The third-order valence-corrected chi connectivity index (χ3v) is 1.59. The van der Waals surface area contributed by atoms with Crippen molar-refractivity contribution in [2.24, 2.45) is 5.73 Å². The highest BCUT2D eigenvalue weighted by Crippen LogP contribution is 1.95. The maximum absolute atomic E-state index is 11.3. The summed E-state index contributed by atoms with van der Waals surface area (Å²) in [7, 11) is 0. The Morgan fingerprint density at radius 1 is 1.79 bits per heavy atom. The average Bonchev–Trinajstić information content (AvgIpc) is 2.14. The minimum absolute atomic E-state index is 0.268. The number of hydrogen-bond acceptors (Lipinski definition) is 3. The van der Waals surface area contributed by atoms with Gasteiger partial charge in [-0.25, -0.2) is 0 Å². The van der Waals surface area contributed by atoms with Gasteiger partial charge in [-0.2, -0.15) is 5.26 Å². The Morgan fingerprint density at radius 2 is 2.43 bits per heavy atom. The second-order valence-electron chi connectivity index (χ2n) is 2.88. The van der Waals surface area contributed by atoms with E-state index >= 15 is 0 Å². The number of amides is 1. The summed E-state index contributed by atoms with van der Waals surface area (Å²) in [5, 5.41) is 10.9. The minimum Gasteiger partial charge on any atom is -0.329 e. The Kier molecular flexibility index (Phi) is 6.08. The van der Waals surface area contributed by atoms with Crippen LogP contribution in [0.4, 0.5) is 0 Å². The summed E-state index contributed by atoms with van der Waals surface area (Å²) in [6.45, 7) is 5.25. The number of carbonyl (C=O) groups is 1. The van der Waals surface area contributed by atoms with Gasteiger partial charge in [0.25, 0.3) is 0 Å². The summed E-state index contributed by atoms with van der Waals surface area (Å²) in [6, 6.07) is 1.32. The zero-order chi connectivity index (χ0) is 11.0. The minimum atomic E-state index is -0.622. The summed E-state index contributed by atoms with van der Waals surface area (Å²) in [6.07, 6.45) is 3.92. The fourth-order valence-electron chi connectivity index (χ4n) is 0.857. The standard InChI is InChI=1S/C10H15N3O/c1-3-5-8(2)13-10(14)9(12)6-4-7-11/h3,5,9H,1,4,6,12H2,2H3,(H,13,14)/b8-5+/t9-/m0/s1. The third kappa shape index (κ3) is 5.12. The zero-order valence-corrected chi connectivity index (χ0v) is 8.29. The van der Waals surface area contributed by atoms with E-state index in [-0.39, 0.29) is 5.91 Å². The molecule has 1 atom stereocenters. The van der Waals surface area contributed by atoms with Crippen LogP contribution in [0.2, 0.25) is 0 Å². The van der Waals surface area contributed by atoms with Gasteiger partial charge in [0.05, 0.1) is 12.1 Å². The molecular weight excluding hydrogens is 178 g/mol. The highest BCUT2D eigenvalue weighted by molar-refractivity contribution is 5.82. The van der Waals surface area contributed by atoms with E-state index in [1.807, 2.05) is 6.07 Å². The van der Waals surface area contributed by atoms with E-state index in [4.69, 9.17) is 11.0 Å². The van der Waals surface area contributed by atoms with E-state index in [1.54, 1.807) is 19.1 Å². The second-order valence-corrected chi connectivity index (χ2v) is 2.88. The fraction of sp³-hybridized carbons (Fsp3) is 0.400. The summed E-state index contributed by atoms with van der Waals surface area (Å²) in [5.41, 5.74) is 6.22. The van der Waals surface area contributed by atoms with Crippen molar-refractivity contribution in [3.05, 3.63) is 24.4 Å². The molecule has 4 nitrogen and oxygen atoms in total. The molecule has 0 aromatic carbocycles. The SMILES string of the molecule is C=C/C=C(\C)NC(=O)[C@@H](N)CCC#N. The Balaban J connectivity index is 4.02. The monoisotopic (exact) mass is 193 g/mol. The van der Waals surface area contributed by atoms with Crippen molar-refractivity contribution in [1.29, 1.82) is 5.26 Å². The Labute approximate surface area is 84.1 Å². The summed E-state index contributed by atoms with van der Waals surface area (Å²) < 4.78 is 0. The molecule has 0 bridgehead atoms. The van der Waals surface area contributed by atoms with Crippen molar-refractivity contribution in [2.75, 3.05) is 0 Å². The normalized spacial score (nSPS) is 12.8. The zero-order valence-electron chi connectivity index (χ0n) is 8.29. The van der Waals surface area contributed by atoms with Gasteiger partial charge in [-0.05, 0) is 19.4 Å². The molecule has 0 aliphatic heterocycles. The van der Waals surface area contributed by atoms with Crippen LogP contribution < -0.4 is 11.1 Å². The number of carbonyl (C=O) groups excluding carboxylic acids is 1. The molecule has 0 aromatic rings. The third-order valence-electron chi connectivity index (χ3n) is 1.59. The second kappa shape index (κ2) is 6.87. The van der Waals surface area contributed by atoms with E-state index < -0.39 is 6.04 Å². The van der Waals surface area contributed by atoms with Crippen LogP contribution >= 0.6 is 0 Å². The maximum Gasteiger partial charge on any atom is 0.241 e. The molecule has 3 N–H and O–H groups in total. The van der Waals surface area contributed by atoms with Gasteiger partial charge in [-0.1, -0.05) is 12.7 Å². The van der Waals surface area contributed by atoms with Crippen LogP contribution in [0.15, 0.2) is 24.4 Å². The molecule has 0 radical (unpaired) electrons. The lowest BCUT2D eigenvalue weighted by atomic mass is 10.1. The van der Waals surface area contributed by atoms with Gasteiger partial charge in [0.2, 0.25) is 5.91 Å². The van der Waals surface area contributed by atoms with Crippen molar-refractivity contribution >= 4 is 5.91 Å². The van der Waals surface area contributed by atoms with Gasteiger partial charge in [0.15, 0.2) is 0 Å². The van der Waals surface area contributed by atoms with Crippen LogP contribution in [0.25, 0.3) is 0 Å². The number of hydrogen-bond donors (Lipinski definition) is 2. The lowest BCUT2D eigenvalue weighted by Crippen LogP contribution is -2.39. The molecule has 0 rings (SSSR count). The van der Waals surface area contributed by atoms with Crippen molar-refractivity contribution in [1.82, 2.24) is 5.32 Å². The number of rotatable bonds is 5. The summed E-state index contributed by atoms with van der Waals surface area (Å²) in [4.78, 5) is 11.3. The molecule has 0 aromatic heterocycles. The van der Waals surface area contributed by atoms with Crippen molar-refractivity contribution in [3.8, 4) is 6.07 Å². The highest BCUT2D eigenvalue weighted by Gasteiger charge is 2.12. The first kappa shape index (κ1) is 12.4. The molecule has 0 aliphatic rings. The summed E-state index contributed by atoms with van der Waals surface area (Å²) in [5.74, 6) is -0.268. The van der Waals surface area contributed by atoms with Gasteiger partial charge in [0.1, 0.15) is 0 Å². The highest BCUT2D eigenvalue weighted by atomic mass is 16.2. The molecule has 76 valence electrons. The van der Waals surface area contributed by atoms with Crippen molar-refractivity contribution in [3.63, 3.8) is 0 Å². The van der Waals surface area contributed by atoms with Crippen LogP contribution in [0.5, 0.6) is 0 Å². The average molecular weight is 193 g/mol. The van der Waals surface area contributed by atoms with Crippen LogP contribution in [0.3, 0.4) is 0 Å².